The molecule has 0 aliphatic heterocycles. The van der Waals surface area contributed by atoms with Gasteiger partial charge in [-0.25, -0.2) is 19.9 Å². The van der Waals surface area contributed by atoms with Crippen molar-refractivity contribution in [2.24, 2.45) is 0 Å². The third-order valence-electron chi connectivity index (χ3n) is 5.30. The third-order valence-corrected chi connectivity index (χ3v) is 5.30. The second-order valence-corrected chi connectivity index (χ2v) is 7.25. The lowest BCUT2D eigenvalue weighted by molar-refractivity contribution is -0.109. The van der Waals surface area contributed by atoms with Crippen LogP contribution in [0.2, 0.25) is 0 Å². The standard InChI is InChI=1S/C21H20N6O3/c1-13(3-5-28)26-9-17(15-7-22-11-24-20(15)26)19(30)18-10-27(14(2)4-6-29)21-16(18)8-23-12-25-21/h5-14H,3-4H2,1-2H3. The van der Waals surface area contributed by atoms with Crippen LogP contribution in [0.1, 0.15) is 54.7 Å². The van der Waals surface area contributed by atoms with E-state index in [2.05, 4.69) is 19.9 Å². The SMILES string of the molecule is CC(CC=O)n1cc(C(=O)c2cn(C(C)CC=O)c3ncncc23)c2cncnc21. The van der Waals surface area contributed by atoms with Gasteiger partial charge in [0.05, 0.1) is 11.1 Å². The van der Waals surface area contributed by atoms with Gasteiger partial charge in [-0.3, -0.25) is 4.79 Å². The zero-order valence-corrected chi connectivity index (χ0v) is 16.6. The van der Waals surface area contributed by atoms with E-state index in [0.717, 1.165) is 12.6 Å². The number of ketones is 1. The summed E-state index contributed by atoms with van der Waals surface area (Å²) in [5.41, 5.74) is 2.07. The second kappa shape index (κ2) is 7.94. The molecule has 0 aliphatic carbocycles. The molecule has 2 unspecified atom stereocenters. The molecule has 9 nitrogen and oxygen atoms in total. The predicted molar refractivity (Wildman–Crippen MR) is 109 cm³/mol. The fraction of sp³-hybridized carbons (Fsp3) is 0.286. The summed E-state index contributed by atoms with van der Waals surface area (Å²) in [4.78, 5) is 52.4. The fourth-order valence-corrected chi connectivity index (χ4v) is 3.66. The molecule has 0 amide bonds. The summed E-state index contributed by atoms with van der Waals surface area (Å²) in [7, 11) is 0. The Labute approximate surface area is 171 Å². The van der Waals surface area contributed by atoms with E-state index < -0.39 is 0 Å². The molecule has 4 aromatic heterocycles. The van der Waals surface area contributed by atoms with Crippen LogP contribution in [0.5, 0.6) is 0 Å². The molecule has 0 aromatic carbocycles. The van der Waals surface area contributed by atoms with Gasteiger partial charge >= 0.3 is 0 Å². The molecule has 30 heavy (non-hydrogen) atoms. The lowest BCUT2D eigenvalue weighted by Gasteiger charge is -2.10. The van der Waals surface area contributed by atoms with Gasteiger partial charge in [0.1, 0.15) is 36.5 Å². The molecular weight excluding hydrogens is 384 g/mol. The minimum absolute atomic E-state index is 0.154. The highest BCUT2D eigenvalue weighted by Crippen LogP contribution is 2.30. The normalized spacial score (nSPS) is 13.4. The Hall–Kier alpha value is -3.75. The van der Waals surface area contributed by atoms with Crippen LogP contribution in [0.4, 0.5) is 0 Å². The quantitative estimate of drug-likeness (QED) is 0.328. The summed E-state index contributed by atoms with van der Waals surface area (Å²) in [5, 5.41) is 1.22. The van der Waals surface area contributed by atoms with E-state index in [1.807, 2.05) is 23.0 Å². The van der Waals surface area contributed by atoms with Crippen LogP contribution in [0.3, 0.4) is 0 Å². The third kappa shape index (κ3) is 3.18. The van der Waals surface area contributed by atoms with Crippen molar-refractivity contribution in [2.45, 2.75) is 38.8 Å². The molecule has 0 saturated heterocycles. The van der Waals surface area contributed by atoms with E-state index >= 15 is 0 Å². The molecule has 2 atom stereocenters. The Morgan fingerprint density at radius 1 is 0.867 bits per heavy atom. The first-order valence-corrected chi connectivity index (χ1v) is 9.59. The molecule has 152 valence electrons. The number of carbonyl (C=O) groups excluding carboxylic acids is 3. The van der Waals surface area contributed by atoms with Gasteiger partial charge < -0.3 is 18.7 Å². The largest absolute Gasteiger partial charge is 0.328 e. The van der Waals surface area contributed by atoms with E-state index in [4.69, 9.17) is 0 Å². The summed E-state index contributed by atoms with van der Waals surface area (Å²) in [5.74, 6) is -0.219. The van der Waals surface area contributed by atoms with E-state index in [0.29, 0.717) is 46.0 Å². The zero-order valence-electron chi connectivity index (χ0n) is 16.6. The molecule has 0 saturated carbocycles. The fourth-order valence-electron chi connectivity index (χ4n) is 3.66. The van der Waals surface area contributed by atoms with Crippen LogP contribution in [-0.4, -0.2) is 47.4 Å². The maximum Gasteiger partial charge on any atom is 0.197 e. The summed E-state index contributed by atoms with van der Waals surface area (Å²) < 4.78 is 3.65. The highest BCUT2D eigenvalue weighted by Gasteiger charge is 2.24. The van der Waals surface area contributed by atoms with Crippen LogP contribution >= 0.6 is 0 Å². The second-order valence-electron chi connectivity index (χ2n) is 7.25. The van der Waals surface area contributed by atoms with E-state index in [9.17, 15) is 14.4 Å². The highest BCUT2D eigenvalue weighted by atomic mass is 16.1. The molecular formula is C21H20N6O3. The van der Waals surface area contributed by atoms with Gasteiger partial charge in [0, 0.05) is 60.5 Å². The molecule has 9 heteroatoms. The maximum absolute atomic E-state index is 13.6. The van der Waals surface area contributed by atoms with Crippen molar-refractivity contribution < 1.29 is 14.4 Å². The Morgan fingerprint density at radius 3 is 1.70 bits per heavy atom. The lowest BCUT2D eigenvalue weighted by Crippen LogP contribution is -2.06. The summed E-state index contributed by atoms with van der Waals surface area (Å²) >= 11 is 0. The van der Waals surface area contributed by atoms with Gasteiger partial charge in [-0.05, 0) is 13.8 Å². The van der Waals surface area contributed by atoms with Gasteiger partial charge in [-0.1, -0.05) is 0 Å². The van der Waals surface area contributed by atoms with Gasteiger partial charge in [0.2, 0.25) is 0 Å². The highest BCUT2D eigenvalue weighted by molar-refractivity contribution is 6.20. The molecule has 0 aliphatic rings. The number of rotatable bonds is 8. The topological polar surface area (TPSA) is 113 Å². The molecule has 0 bridgehead atoms. The summed E-state index contributed by atoms with van der Waals surface area (Å²) in [6, 6.07) is -0.308. The van der Waals surface area contributed by atoms with Crippen LogP contribution in [-0.2, 0) is 9.59 Å². The first kappa shape index (κ1) is 19.6. The van der Waals surface area contributed by atoms with Crippen molar-refractivity contribution in [2.75, 3.05) is 0 Å². The Balaban J connectivity index is 1.88. The Bertz CT molecular complexity index is 1160. The maximum atomic E-state index is 13.6. The summed E-state index contributed by atoms with van der Waals surface area (Å²) in [6.07, 6.45) is 11.8. The number of aromatic nitrogens is 6. The number of hydrogen-bond acceptors (Lipinski definition) is 7. The molecule has 4 aromatic rings. The first-order chi connectivity index (χ1) is 14.6. The monoisotopic (exact) mass is 404 g/mol. The van der Waals surface area contributed by atoms with Gasteiger partial charge in [0.25, 0.3) is 0 Å². The molecule has 4 heterocycles. The van der Waals surface area contributed by atoms with E-state index in [1.165, 1.54) is 12.7 Å². The number of nitrogens with zero attached hydrogens (tertiary/aromatic N) is 6. The van der Waals surface area contributed by atoms with Crippen LogP contribution in [0.25, 0.3) is 22.1 Å². The van der Waals surface area contributed by atoms with Crippen LogP contribution in [0, 0.1) is 0 Å². The molecule has 0 radical (unpaired) electrons. The molecule has 0 fully saturated rings. The first-order valence-electron chi connectivity index (χ1n) is 9.59. The summed E-state index contributed by atoms with van der Waals surface area (Å²) in [6.45, 7) is 3.79. The van der Waals surface area contributed by atoms with E-state index in [1.54, 1.807) is 24.8 Å². The number of hydrogen-bond donors (Lipinski definition) is 0. The van der Waals surface area contributed by atoms with Gasteiger partial charge in [0.15, 0.2) is 5.78 Å². The van der Waals surface area contributed by atoms with Gasteiger partial charge in [-0.2, -0.15) is 0 Å². The van der Waals surface area contributed by atoms with Gasteiger partial charge in [-0.15, -0.1) is 0 Å². The zero-order chi connectivity index (χ0) is 21.3. The molecule has 0 spiro atoms. The van der Waals surface area contributed by atoms with E-state index in [-0.39, 0.29) is 17.9 Å². The predicted octanol–water partition coefficient (Wildman–Crippen LogP) is 2.71. The molecule has 0 N–H and O–H groups in total. The average Bonchev–Trinajstić information content (AvgIpc) is 3.33. The smallest absolute Gasteiger partial charge is 0.197 e. The van der Waals surface area contributed by atoms with Crippen LogP contribution in [0.15, 0.2) is 37.4 Å². The van der Waals surface area contributed by atoms with Crippen molar-refractivity contribution in [1.82, 2.24) is 29.1 Å². The number of fused-ring (bicyclic) bond motifs is 2. The van der Waals surface area contributed by atoms with Crippen molar-refractivity contribution in [3.8, 4) is 0 Å². The van der Waals surface area contributed by atoms with Crippen molar-refractivity contribution in [1.29, 1.82) is 0 Å². The number of carbonyl (C=O) groups is 3. The minimum atomic E-state index is -0.219. The minimum Gasteiger partial charge on any atom is -0.328 e. The van der Waals surface area contributed by atoms with Crippen molar-refractivity contribution in [3.63, 3.8) is 0 Å². The Morgan fingerprint density at radius 2 is 1.30 bits per heavy atom. The number of aldehydes is 2. The van der Waals surface area contributed by atoms with Crippen molar-refractivity contribution in [3.05, 3.63) is 48.6 Å². The average molecular weight is 404 g/mol. The van der Waals surface area contributed by atoms with Crippen molar-refractivity contribution >= 4 is 40.4 Å². The molecule has 4 rings (SSSR count). The Kier molecular flexibility index (Phi) is 5.18. The lowest BCUT2D eigenvalue weighted by atomic mass is 10.1. The van der Waals surface area contributed by atoms with Crippen LogP contribution < -0.4 is 0 Å².